The number of furan rings is 1. The highest BCUT2D eigenvalue weighted by Gasteiger charge is 2.21. The van der Waals surface area contributed by atoms with Gasteiger partial charge in [0.2, 0.25) is 0 Å². The molecule has 0 aliphatic carbocycles. The largest absolute Gasteiger partial charge is 0.456 e. The fourth-order valence-electron chi connectivity index (χ4n) is 7.59. The van der Waals surface area contributed by atoms with E-state index in [1.165, 1.54) is 54.2 Å². The first-order valence-corrected chi connectivity index (χ1v) is 16.4. The summed E-state index contributed by atoms with van der Waals surface area (Å²) in [5, 5.41) is 12.1. The van der Waals surface area contributed by atoms with Crippen molar-refractivity contribution in [2.24, 2.45) is 0 Å². The molecule has 1 heterocycles. The molecular weight excluding hydrogens is 583 g/mol. The molecule has 9 aromatic carbocycles. The molecule has 10 aromatic rings. The number of hydrogen-bond acceptors (Lipinski definition) is 2. The lowest BCUT2D eigenvalue weighted by molar-refractivity contribution is 0.669. The Labute approximate surface area is 277 Å². The maximum Gasteiger partial charge on any atom is 0.137 e. The van der Waals surface area contributed by atoms with Crippen LogP contribution in [0.1, 0.15) is 0 Å². The summed E-state index contributed by atoms with van der Waals surface area (Å²) in [5.74, 6) is 0. The van der Waals surface area contributed by atoms with Gasteiger partial charge in [0.15, 0.2) is 0 Å². The van der Waals surface area contributed by atoms with Gasteiger partial charge >= 0.3 is 0 Å². The summed E-state index contributed by atoms with van der Waals surface area (Å²) in [6.07, 6.45) is 0. The second-order valence-corrected chi connectivity index (χ2v) is 12.5. The first-order valence-electron chi connectivity index (χ1n) is 16.4. The highest BCUT2D eigenvalue weighted by molar-refractivity contribution is 6.25. The van der Waals surface area contributed by atoms with Crippen LogP contribution >= 0.6 is 0 Å². The van der Waals surface area contributed by atoms with E-state index < -0.39 is 0 Å². The molecule has 0 fully saturated rings. The van der Waals surface area contributed by atoms with Crippen molar-refractivity contribution in [1.82, 2.24) is 0 Å². The minimum atomic E-state index is 0.874. The van der Waals surface area contributed by atoms with E-state index in [-0.39, 0.29) is 0 Å². The van der Waals surface area contributed by atoms with Crippen LogP contribution in [0.5, 0.6) is 0 Å². The van der Waals surface area contributed by atoms with E-state index in [0.29, 0.717) is 0 Å². The lowest BCUT2D eigenvalue weighted by atomic mass is 9.94. The topological polar surface area (TPSA) is 16.4 Å². The zero-order valence-corrected chi connectivity index (χ0v) is 26.1. The number of benzene rings is 9. The number of anilines is 3. The van der Waals surface area contributed by atoms with Crippen LogP contribution < -0.4 is 4.90 Å². The van der Waals surface area contributed by atoms with Crippen molar-refractivity contribution < 1.29 is 4.42 Å². The Morgan fingerprint density at radius 1 is 0.333 bits per heavy atom. The fraction of sp³-hybridized carbons (Fsp3) is 0. The summed E-state index contributed by atoms with van der Waals surface area (Å²) in [4.78, 5) is 2.40. The van der Waals surface area contributed by atoms with Gasteiger partial charge in [-0.25, -0.2) is 0 Å². The molecule has 1 aromatic heterocycles. The highest BCUT2D eigenvalue weighted by Crippen LogP contribution is 2.46. The van der Waals surface area contributed by atoms with Crippen molar-refractivity contribution in [3.05, 3.63) is 176 Å². The van der Waals surface area contributed by atoms with Gasteiger partial charge in [0.25, 0.3) is 0 Å². The van der Waals surface area contributed by atoms with Gasteiger partial charge in [-0.2, -0.15) is 0 Å². The number of nitrogens with zero attached hydrogens (tertiary/aromatic N) is 1. The summed E-state index contributed by atoms with van der Waals surface area (Å²) >= 11 is 0. The van der Waals surface area contributed by atoms with Crippen LogP contribution in [0.2, 0.25) is 0 Å². The highest BCUT2D eigenvalue weighted by atomic mass is 16.3. The molecule has 0 unspecified atom stereocenters. The molecule has 0 atom stereocenters. The van der Waals surface area contributed by atoms with Gasteiger partial charge in [0.05, 0.1) is 5.69 Å². The van der Waals surface area contributed by atoms with E-state index in [0.717, 1.165) is 39.0 Å². The zero-order chi connectivity index (χ0) is 31.6. The maximum atomic E-state index is 6.60. The van der Waals surface area contributed by atoms with Crippen LogP contribution in [0.4, 0.5) is 17.1 Å². The Morgan fingerprint density at radius 3 is 1.73 bits per heavy atom. The molecule has 0 N–H and O–H groups in total. The molecule has 0 aliphatic rings. The quantitative estimate of drug-likeness (QED) is 0.184. The molecule has 0 aliphatic heterocycles. The van der Waals surface area contributed by atoms with E-state index in [4.69, 9.17) is 4.42 Å². The average Bonchev–Trinajstić information content (AvgIpc) is 3.54. The van der Waals surface area contributed by atoms with Crippen molar-refractivity contribution >= 4 is 82.1 Å². The molecule has 0 saturated carbocycles. The number of fused-ring (bicyclic) bond motifs is 10. The van der Waals surface area contributed by atoms with E-state index in [2.05, 4.69) is 181 Å². The van der Waals surface area contributed by atoms with E-state index >= 15 is 0 Å². The zero-order valence-electron chi connectivity index (χ0n) is 26.1. The normalized spacial score (nSPS) is 11.8. The second-order valence-electron chi connectivity index (χ2n) is 12.5. The molecule has 224 valence electrons. The lowest BCUT2D eigenvalue weighted by Gasteiger charge is -2.28. The predicted molar refractivity (Wildman–Crippen MR) is 204 cm³/mol. The van der Waals surface area contributed by atoms with Crippen LogP contribution in [0.25, 0.3) is 76.2 Å². The Bertz CT molecular complexity index is 2830. The Balaban J connectivity index is 1.29. The van der Waals surface area contributed by atoms with Crippen LogP contribution in [-0.4, -0.2) is 0 Å². The molecule has 2 nitrogen and oxygen atoms in total. The van der Waals surface area contributed by atoms with Gasteiger partial charge in [-0.1, -0.05) is 133 Å². The van der Waals surface area contributed by atoms with Crippen molar-refractivity contribution in [2.45, 2.75) is 0 Å². The van der Waals surface area contributed by atoms with Crippen LogP contribution in [0.15, 0.2) is 180 Å². The van der Waals surface area contributed by atoms with Crippen LogP contribution in [0, 0.1) is 0 Å². The van der Waals surface area contributed by atoms with Crippen molar-refractivity contribution in [1.29, 1.82) is 0 Å². The maximum absolute atomic E-state index is 6.60. The summed E-state index contributed by atoms with van der Waals surface area (Å²) in [5.41, 5.74) is 7.39. The Morgan fingerprint density at radius 2 is 0.938 bits per heavy atom. The molecule has 0 saturated heterocycles. The van der Waals surface area contributed by atoms with Gasteiger partial charge in [-0.15, -0.1) is 0 Å². The van der Waals surface area contributed by atoms with Gasteiger partial charge in [0, 0.05) is 33.6 Å². The third-order valence-electron chi connectivity index (χ3n) is 9.78. The smallest absolute Gasteiger partial charge is 0.137 e. The van der Waals surface area contributed by atoms with E-state index in [1.807, 2.05) is 0 Å². The van der Waals surface area contributed by atoms with Crippen molar-refractivity contribution in [2.75, 3.05) is 4.90 Å². The van der Waals surface area contributed by atoms with Crippen LogP contribution in [0.3, 0.4) is 0 Å². The molecule has 0 bridgehead atoms. The van der Waals surface area contributed by atoms with Crippen LogP contribution in [-0.2, 0) is 0 Å². The number of rotatable bonds is 4. The van der Waals surface area contributed by atoms with Gasteiger partial charge in [0.1, 0.15) is 11.2 Å². The van der Waals surface area contributed by atoms with E-state index in [1.54, 1.807) is 0 Å². The number of hydrogen-bond donors (Lipinski definition) is 0. The van der Waals surface area contributed by atoms with Gasteiger partial charge in [-0.05, 0) is 85.2 Å². The lowest BCUT2D eigenvalue weighted by Crippen LogP contribution is -2.11. The molecule has 0 radical (unpaired) electrons. The summed E-state index contributed by atoms with van der Waals surface area (Å²) in [6, 6.07) is 63.3. The summed E-state index contributed by atoms with van der Waals surface area (Å²) in [6.45, 7) is 0. The Hall–Kier alpha value is -6.38. The van der Waals surface area contributed by atoms with Crippen molar-refractivity contribution in [3.63, 3.8) is 0 Å². The second kappa shape index (κ2) is 10.6. The van der Waals surface area contributed by atoms with Crippen molar-refractivity contribution in [3.8, 4) is 11.1 Å². The molecule has 0 spiro atoms. The minimum absolute atomic E-state index is 0.874. The standard InChI is InChI=1S/C46H29NO/c1-2-11-30(12-3-1)33-16-10-17-35(27-33)47(36-23-25-41-44(29-36)48-43-26-22-32-14-5-8-19-38(32)46(41)43)42-28-34-15-6-9-20-39(34)45-37-18-7-4-13-31(37)21-24-40(42)45/h1-29H. The minimum Gasteiger partial charge on any atom is -0.456 e. The Kier molecular flexibility index (Phi) is 5.91. The summed E-state index contributed by atoms with van der Waals surface area (Å²) in [7, 11) is 0. The SMILES string of the molecule is c1ccc(-c2cccc(N(c3ccc4c(c3)oc3ccc5ccccc5c34)c3cc4ccccc4c4c3ccc3ccccc34)c2)cc1. The molecular formula is C46H29NO. The molecule has 0 amide bonds. The first-order chi connectivity index (χ1) is 23.8. The monoisotopic (exact) mass is 611 g/mol. The molecule has 10 rings (SSSR count). The third kappa shape index (κ3) is 4.13. The predicted octanol–water partition coefficient (Wildman–Crippen LogP) is 13.3. The first kappa shape index (κ1) is 26.8. The third-order valence-corrected chi connectivity index (χ3v) is 9.78. The van der Waals surface area contributed by atoms with E-state index in [9.17, 15) is 0 Å². The molecule has 2 heteroatoms. The average molecular weight is 612 g/mol. The fourth-order valence-corrected chi connectivity index (χ4v) is 7.59. The van der Waals surface area contributed by atoms with Gasteiger partial charge < -0.3 is 9.32 Å². The summed E-state index contributed by atoms with van der Waals surface area (Å²) < 4.78 is 6.60. The molecule has 48 heavy (non-hydrogen) atoms. The van der Waals surface area contributed by atoms with Gasteiger partial charge in [-0.3, -0.25) is 0 Å².